The van der Waals surface area contributed by atoms with Gasteiger partial charge in [-0.1, -0.05) is 42.0 Å². The number of hydrogen-bond acceptors (Lipinski definition) is 3. The molecule has 0 radical (unpaired) electrons. The molecule has 134 valence electrons. The third-order valence-electron chi connectivity index (χ3n) is 4.72. The molecule has 0 spiro atoms. The summed E-state index contributed by atoms with van der Waals surface area (Å²) in [5.74, 6) is 0. The second kappa shape index (κ2) is 7.68. The fourth-order valence-electron chi connectivity index (χ4n) is 3.26. The van der Waals surface area contributed by atoms with E-state index in [4.69, 9.17) is 4.74 Å². The van der Waals surface area contributed by atoms with Crippen molar-refractivity contribution in [3.8, 4) is 0 Å². The largest absolute Gasteiger partial charge is 0.376 e. The molecule has 2 atom stereocenters. The first-order valence-electron chi connectivity index (χ1n) is 8.73. The molecular formula is C20H25NO3S. The maximum absolute atomic E-state index is 12.9. The van der Waals surface area contributed by atoms with Crippen LogP contribution in [0.15, 0.2) is 53.4 Å². The fraction of sp³-hybridized carbons (Fsp3) is 0.400. The van der Waals surface area contributed by atoms with Crippen LogP contribution in [0.4, 0.5) is 0 Å². The molecule has 0 bridgehead atoms. The zero-order valence-electron chi connectivity index (χ0n) is 14.7. The minimum atomic E-state index is -3.62. The van der Waals surface area contributed by atoms with Crippen LogP contribution in [0, 0.1) is 13.8 Å². The van der Waals surface area contributed by atoms with E-state index in [0.717, 1.165) is 36.0 Å². The topological polar surface area (TPSA) is 55.4 Å². The monoisotopic (exact) mass is 359 g/mol. The van der Waals surface area contributed by atoms with E-state index in [1.165, 1.54) is 0 Å². The van der Waals surface area contributed by atoms with Crippen LogP contribution >= 0.6 is 0 Å². The first kappa shape index (κ1) is 18.1. The lowest BCUT2D eigenvalue weighted by molar-refractivity contribution is -0.00359. The van der Waals surface area contributed by atoms with Gasteiger partial charge in [0.25, 0.3) is 0 Å². The Hall–Kier alpha value is -1.69. The van der Waals surface area contributed by atoms with Gasteiger partial charge in [0, 0.05) is 6.61 Å². The summed E-state index contributed by atoms with van der Waals surface area (Å²) in [7, 11) is -3.62. The van der Waals surface area contributed by atoms with Crippen LogP contribution in [0.5, 0.6) is 0 Å². The van der Waals surface area contributed by atoms with Gasteiger partial charge in [0.1, 0.15) is 0 Å². The molecule has 2 aromatic rings. The van der Waals surface area contributed by atoms with Gasteiger partial charge in [-0.25, -0.2) is 13.1 Å². The summed E-state index contributed by atoms with van der Waals surface area (Å²) in [4.78, 5) is 0.285. The summed E-state index contributed by atoms with van der Waals surface area (Å²) < 4.78 is 34.7. The van der Waals surface area contributed by atoms with Crippen molar-refractivity contribution in [2.75, 3.05) is 6.61 Å². The van der Waals surface area contributed by atoms with E-state index in [0.29, 0.717) is 6.61 Å². The van der Waals surface area contributed by atoms with Crippen molar-refractivity contribution in [1.82, 2.24) is 4.72 Å². The third kappa shape index (κ3) is 4.29. The molecule has 1 fully saturated rings. The molecule has 1 saturated heterocycles. The summed E-state index contributed by atoms with van der Waals surface area (Å²) in [6, 6.07) is 14.4. The predicted molar refractivity (Wildman–Crippen MR) is 99.0 cm³/mol. The Morgan fingerprint density at radius 1 is 1.04 bits per heavy atom. The van der Waals surface area contributed by atoms with Gasteiger partial charge in [0.2, 0.25) is 10.0 Å². The minimum absolute atomic E-state index is 0.143. The number of aryl methyl sites for hydroxylation is 2. The summed E-state index contributed by atoms with van der Waals surface area (Å²) in [6.45, 7) is 4.63. The standard InChI is InChI=1S/C20H25NO3S/c1-15-10-12-17(13-11-15)25(22,23)21-20(19-9-5-6-14-24-19)18-8-4-3-7-16(18)2/h3-4,7-8,10-13,19-21H,5-6,9,14H2,1-2H3/t19-,20-/m0/s1. The molecular weight excluding hydrogens is 334 g/mol. The molecule has 25 heavy (non-hydrogen) atoms. The van der Waals surface area contributed by atoms with Gasteiger partial charge in [0.15, 0.2) is 0 Å². The summed E-state index contributed by atoms with van der Waals surface area (Å²) in [6.07, 6.45) is 2.80. The average Bonchev–Trinajstić information content (AvgIpc) is 2.61. The number of sulfonamides is 1. The van der Waals surface area contributed by atoms with E-state index in [9.17, 15) is 8.42 Å². The first-order chi connectivity index (χ1) is 12.0. The van der Waals surface area contributed by atoms with Crippen LogP contribution in [0.3, 0.4) is 0 Å². The van der Waals surface area contributed by atoms with Gasteiger partial charge in [-0.3, -0.25) is 0 Å². The molecule has 5 heteroatoms. The Bertz CT molecular complexity index is 809. The zero-order chi connectivity index (χ0) is 17.9. The van der Waals surface area contributed by atoms with Gasteiger partial charge >= 0.3 is 0 Å². The maximum Gasteiger partial charge on any atom is 0.241 e. The van der Waals surface area contributed by atoms with Gasteiger partial charge in [-0.15, -0.1) is 0 Å². The van der Waals surface area contributed by atoms with E-state index >= 15 is 0 Å². The molecule has 0 saturated carbocycles. The van der Waals surface area contributed by atoms with E-state index in [1.54, 1.807) is 12.1 Å². The van der Waals surface area contributed by atoms with Crippen LogP contribution in [0.1, 0.15) is 42.0 Å². The number of benzene rings is 2. The number of rotatable bonds is 5. The Labute approximate surface area is 150 Å². The smallest absolute Gasteiger partial charge is 0.241 e. The molecule has 0 unspecified atom stereocenters. The lowest BCUT2D eigenvalue weighted by Crippen LogP contribution is -2.39. The molecule has 1 N–H and O–H groups in total. The normalized spacial score (nSPS) is 19.5. The van der Waals surface area contributed by atoms with E-state index in [-0.39, 0.29) is 17.0 Å². The molecule has 1 heterocycles. The van der Waals surface area contributed by atoms with Crippen molar-refractivity contribution < 1.29 is 13.2 Å². The first-order valence-corrected chi connectivity index (χ1v) is 10.2. The quantitative estimate of drug-likeness (QED) is 0.881. The second-order valence-electron chi connectivity index (χ2n) is 6.67. The van der Waals surface area contributed by atoms with Crippen molar-refractivity contribution in [3.05, 3.63) is 65.2 Å². The molecule has 0 amide bonds. The van der Waals surface area contributed by atoms with Crippen molar-refractivity contribution in [3.63, 3.8) is 0 Å². The van der Waals surface area contributed by atoms with Gasteiger partial charge in [-0.2, -0.15) is 0 Å². The van der Waals surface area contributed by atoms with Gasteiger partial charge in [0.05, 0.1) is 17.0 Å². The van der Waals surface area contributed by atoms with Crippen LogP contribution in [-0.4, -0.2) is 21.1 Å². The Morgan fingerprint density at radius 2 is 1.76 bits per heavy atom. The van der Waals surface area contributed by atoms with Gasteiger partial charge < -0.3 is 4.74 Å². The van der Waals surface area contributed by atoms with Crippen molar-refractivity contribution >= 4 is 10.0 Å². The predicted octanol–water partition coefficient (Wildman–Crippen LogP) is 3.89. The van der Waals surface area contributed by atoms with Crippen LogP contribution in [0.2, 0.25) is 0 Å². The number of hydrogen-bond donors (Lipinski definition) is 1. The van der Waals surface area contributed by atoms with Crippen LogP contribution in [-0.2, 0) is 14.8 Å². The van der Waals surface area contributed by atoms with E-state index < -0.39 is 10.0 Å². The zero-order valence-corrected chi connectivity index (χ0v) is 15.6. The lowest BCUT2D eigenvalue weighted by Gasteiger charge is -2.32. The van der Waals surface area contributed by atoms with Crippen molar-refractivity contribution in [2.24, 2.45) is 0 Å². The highest BCUT2D eigenvalue weighted by atomic mass is 32.2. The molecule has 1 aliphatic rings. The summed E-state index contributed by atoms with van der Waals surface area (Å²) >= 11 is 0. The summed E-state index contributed by atoms with van der Waals surface area (Å²) in [5.41, 5.74) is 3.07. The van der Waals surface area contributed by atoms with Crippen LogP contribution in [0.25, 0.3) is 0 Å². The maximum atomic E-state index is 12.9. The van der Waals surface area contributed by atoms with Crippen molar-refractivity contribution in [2.45, 2.75) is 50.2 Å². The molecule has 4 nitrogen and oxygen atoms in total. The second-order valence-corrected chi connectivity index (χ2v) is 8.39. The Kier molecular flexibility index (Phi) is 5.57. The molecule has 0 aliphatic carbocycles. The Morgan fingerprint density at radius 3 is 2.40 bits per heavy atom. The van der Waals surface area contributed by atoms with Gasteiger partial charge in [-0.05, 0) is 56.4 Å². The highest BCUT2D eigenvalue weighted by Crippen LogP contribution is 2.30. The number of nitrogens with one attached hydrogen (secondary N) is 1. The van der Waals surface area contributed by atoms with Crippen molar-refractivity contribution in [1.29, 1.82) is 0 Å². The molecule has 2 aromatic carbocycles. The van der Waals surface area contributed by atoms with E-state index in [1.807, 2.05) is 50.2 Å². The Balaban J connectivity index is 1.94. The highest BCUT2D eigenvalue weighted by Gasteiger charge is 2.31. The highest BCUT2D eigenvalue weighted by molar-refractivity contribution is 7.89. The SMILES string of the molecule is Cc1ccc(S(=O)(=O)N[C@@H](c2ccccc2C)[C@@H]2CCCCO2)cc1. The van der Waals surface area contributed by atoms with E-state index in [2.05, 4.69) is 4.72 Å². The number of ether oxygens (including phenoxy) is 1. The van der Waals surface area contributed by atoms with Crippen LogP contribution < -0.4 is 4.72 Å². The summed E-state index contributed by atoms with van der Waals surface area (Å²) in [5, 5.41) is 0. The molecule has 3 rings (SSSR count). The fourth-order valence-corrected chi connectivity index (χ4v) is 4.50. The third-order valence-corrected chi connectivity index (χ3v) is 6.18. The molecule has 0 aromatic heterocycles. The minimum Gasteiger partial charge on any atom is -0.376 e. The molecule has 1 aliphatic heterocycles. The average molecular weight is 359 g/mol. The lowest BCUT2D eigenvalue weighted by atomic mass is 9.93.